The van der Waals surface area contributed by atoms with Gasteiger partial charge in [-0.15, -0.1) is 0 Å². The molecule has 1 aromatic rings. The highest BCUT2D eigenvalue weighted by molar-refractivity contribution is 7.91. The van der Waals surface area contributed by atoms with Gasteiger partial charge in [0.05, 0.1) is 5.69 Å². The summed E-state index contributed by atoms with van der Waals surface area (Å²) in [6.07, 6.45) is 0. The molecule has 22 heavy (non-hydrogen) atoms. The maximum atomic E-state index is 12.7. The second kappa shape index (κ2) is 5.70. The lowest BCUT2D eigenvalue weighted by Crippen LogP contribution is -2.37. The van der Waals surface area contributed by atoms with E-state index in [-0.39, 0.29) is 19.0 Å². The first kappa shape index (κ1) is 17.0. The molecule has 0 bridgehead atoms. The summed E-state index contributed by atoms with van der Waals surface area (Å²) in [5, 5.41) is 0. The third kappa shape index (κ3) is 3.35. The molecule has 5 nitrogen and oxygen atoms in total. The Morgan fingerprint density at radius 1 is 1.18 bits per heavy atom. The van der Waals surface area contributed by atoms with E-state index in [2.05, 4.69) is 19.6 Å². The number of rotatable bonds is 4. The number of hydrogen-bond acceptors (Lipinski definition) is 3. The number of anilines is 1. The molecule has 0 aliphatic carbocycles. The summed E-state index contributed by atoms with van der Waals surface area (Å²) in [6.45, 7) is 10.5. The van der Waals surface area contributed by atoms with Crippen molar-refractivity contribution in [3.05, 3.63) is 29.3 Å². The van der Waals surface area contributed by atoms with Crippen LogP contribution in [0.15, 0.2) is 18.2 Å². The quantitative estimate of drug-likeness (QED) is 0.792. The largest absolute Gasteiger partial charge is 0.329 e. The number of carbonyl (C=O) groups is 1. The van der Waals surface area contributed by atoms with Crippen molar-refractivity contribution in [2.75, 3.05) is 17.4 Å². The van der Waals surface area contributed by atoms with E-state index in [4.69, 9.17) is 0 Å². The highest BCUT2D eigenvalue weighted by atomic mass is 32.2. The van der Waals surface area contributed by atoms with Gasteiger partial charge in [0.15, 0.2) is 0 Å². The Hall–Kier alpha value is -1.34. The van der Waals surface area contributed by atoms with Crippen LogP contribution < -0.4 is 4.31 Å². The van der Waals surface area contributed by atoms with E-state index in [9.17, 15) is 13.2 Å². The summed E-state index contributed by atoms with van der Waals surface area (Å²) in [4.78, 5) is 12.2. The Bertz CT molecular complexity index is 695. The topological polar surface area (TPSA) is 57.7 Å². The first-order valence-electron chi connectivity index (χ1n) is 7.43. The van der Waals surface area contributed by atoms with Crippen LogP contribution in [0.25, 0.3) is 0 Å². The van der Waals surface area contributed by atoms with Crippen molar-refractivity contribution in [3.8, 4) is 0 Å². The third-order valence-corrected chi connectivity index (χ3v) is 7.35. The van der Waals surface area contributed by atoms with Gasteiger partial charge in [0, 0.05) is 14.6 Å². The van der Waals surface area contributed by atoms with E-state index in [1.54, 1.807) is 6.07 Å². The number of nitrogens with zero attached hydrogens (tertiary/aromatic N) is 2. The molecule has 1 aliphatic rings. The predicted molar refractivity (Wildman–Crippen MR) is 92.0 cm³/mol. The average Bonchev–Trinajstić information content (AvgIpc) is 2.56. The fourth-order valence-electron chi connectivity index (χ4n) is 2.50. The van der Waals surface area contributed by atoms with Gasteiger partial charge >= 0.3 is 10.2 Å². The van der Waals surface area contributed by atoms with Gasteiger partial charge in [-0.1, -0.05) is 37.3 Å². The summed E-state index contributed by atoms with van der Waals surface area (Å²) in [5.41, 5.74) is 2.53. The first-order chi connectivity index (χ1) is 10.0. The minimum atomic E-state index is -3.75. The van der Waals surface area contributed by atoms with Crippen molar-refractivity contribution in [3.63, 3.8) is 0 Å². The predicted octanol–water partition coefficient (Wildman–Crippen LogP) is 2.54. The van der Waals surface area contributed by atoms with Gasteiger partial charge in [0.2, 0.25) is 0 Å². The Morgan fingerprint density at radius 3 is 2.36 bits per heavy atom. The molecule has 0 radical (unpaired) electrons. The van der Waals surface area contributed by atoms with Crippen LogP contribution in [-0.4, -0.2) is 39.8 Å². The van der Waals surface area contributed by atoms with E-state index >= 15 is 0 Å². The summed E-state index contributed by atoms with van der Waals surface area (Å²) in [6, 6.07) is 6.35. The number of carbonyl (C=O) groups excluding carboxylic acids is 1. The van der Waals surface area contributed by atoms with Gasteiger partial charge in [-0.25, -0.2) is 8.61 Å². The fraction of sp³-hybridized carbons (Fsp3) is 0.533. The smallest absolute Gasteiger partial charge is 0.272 e. The highest BCUT2D eigenvalue weighted by Crippen LogP contribution is 2.30. The van der Waals surface area contributed by atoms with Crippen molar-refractivity contribution in [1.82, 2.24) is 4.31 Å². The van der Waals surface area contributed by atoms with E-state index in [0.29, 0.717) is 5.69 Å². The van der Waals surface area contributed by atoms with Crippen molar-refractivity contribution < 1.29 is 13.2 Å². The Balaban J connectivity index is 2.31. The van der Waals surface area contributed by atoms with E-state index in [0.717, 1.165) is 21.5 Å². The van der Waals surface area contributed by atoms with Crippen LogP contribution in [0.1, 0.15) is 11.1 Å². The lowest BCUT2D eigenvalue weighted by atomic mass is 10.1. The van der Waals surface area contributed by atoms with Crippen molar-refractivity contribution in [1.29, 1.82) is 0 Å². The van der Waals surface area contributed by atoms with Crippen LogP contribution in [0, 0.1) is 13.8 Å². The van der Waals surface area contributed by atoms with Crippen molar-refractivity contribution >= 4 is 29.9 Å². The summed E-state index contributed by atoms with van der Waals surface area (Å²) >= 11 is 0. The zero-order valence-corrected chi connectivity index (χ0v) is 15.7. The molecule has 0 N–H and O–H groups in total. The Morgan fingerprint density at radius 2 is 1.82 bits per heavy atom. The van der Waals surface area contributed by atoms with Crippen molar-refractivity contribution in [2.45, 2.75) is 39.5 Å². The lowest BCUT2D eigenvalue weighted by Gasteiger charge is -2.23. The molecule has 0 unspecified atom stereocenters. The van der Waals surface area contributed by atoms with Crippen LogP contribution in [0.3, 0.4) is 0 Å². The number of hydrogen-bond donors (Lipinski definition) is 0. The third-order valence-electron chi connectivity index (χ3n) is 3.80. The minimum absolute atomic E-state index is 0.0993. The molecule has 0 saturated carbocycles. The average molecular weight is 341 g/mol. The van der Waals surface area contributed by atoms with Gasteiger partial charge in [-0.3, -0.25) is 4.79 Å². The number of benzene rings is 1. The maximum absolute atomic E-state index is 12.7. The number of amides is 1. The minimum Gasteiger partial charge on any atom is -0.272 e. The first-order valence-corrected chi connectivity index (χ1v) is 12.5. The molecule has 7 heteroatoms. The SMILES string of the molecule is Cc1ccc(N2CC(=O)N(CC[Si](C)(C)C)S2(=O)=O)c(C)c1. The highest BCUT2D eigenvalue weighted by Gasteiger charge is 2.43. The second-order valence-electron chi connectivity index (χ2n) is 7.08. The molecule has 1 saturated heterocycles. The Labute approximate surface area is 134 Å². The maximum Gasteiger partial charge on any atom is 0.329 e. The van der Waals surface area contributed by atoms with Gasteiger partial charge in [-0.05, 0) is 31.5 Å². The molecule has 1 aliphatic heterocycles. The molecule has 122 valence electrons. The van der Waals surface area contributed by atoms with Crippen LogP contribution in [0.5, 0.6) is 0 Å². The van der Waals surface area contributed by atoms with Crippen LogP contribution >= 0.6 is 0 Å². The van der Waals surface area contributed by atoms with Gasteiger partial charge in [0.25, 0.3) is 5.91 Å². The molecule has 2 rings (SSSR count). The molecule has 1 amide bonds. The standard InChI is InChI=1S/C15H24N2O3SSi/c1-12-6-7-14(13(2)10-12)17-11-15(18)16(21(17,19)20)8-9-22(3,4)5/h6-7,10H,8-9,11H2,1-5H3. The molecule has 0 aromatic heterocycles. The van der Waals surface area contributed by atoms with Crippen LogP contribution in [0.2, 0.25) is 25.7 Å². The zero-order valence-electron chi connectivity index (χ0n) is 13.9. The molecule has 1 aromatic carbocycles. The Kier molecular flexibility index (Phi) is 4.41. The summed E-state index contributed by atoms with van der Waals surface area (Å²) < 4.78 is 27.7. The molecule has 0 atom stereocenters. The fourth-order valence-corrected chi connectivity index (χ4v) is 5.16. The molecular formula is C15H24N2O3SSi. The van der Waals surface area contributed by atoms with Crippen molar-refractivity contribution in [2.24, 2.45) is 0 Å². The van der Waals surface area contributed by atoms with E-state index in [1.807, 2.05) is 26.0 Å². The van der Waals surface area contributed by atoms with Crippen LogP contribution in [0.4, 0.5) is 5.69 Å². The van der Waals surface area contributed by atoms with Gasteiger partial charge in [0.1, 0.15) is 6.54 Å². The van der Waals surface area contributed by atoms with E-state index in [1.165, 1.54) is 4.31 Å². The number of aryl methyl sites for hydroxylation is 2. The molecular weight excluding hydrogens is 316 g/mol. The van der Waals surface area contributed by atoms with Gasteiger partial charge < -0.3 is 0 Å². The molecule has 1 fully saturated rings. The zero-order chi connectivity index (χ0) is 16.7. The lowest BCUT2D eigenvalue weighted by molar-refractivity contribution is -0.123. The van der Waals surface area contributed by atoms with Crippen LogP contribution in [-0.2, 0) is 15.0 Å². The normalized spacial score (nSPS) is 18.1. The summed E-state index contributed by atoms with van der Waals surface area (Å²) in [5.74, 6) is -0.335. The summed E-state index contributed by atoms with van der Waals surface area (Å²) in [7, 11) is -5.16. The van der Waals surface area contributed by atoms with E-state index < -0.39 is 18.3 Å². The van der Waals surface area contributed by atoms with Gasteiger partial charge in [-0.2, -0.15) is 8.42 Å². The monoisotopic (exact) mass is 340 g/mol. The molecule has 0 spiro atoms. The second-order valence-corrected chi connectivity index (χ2v) is 14.5. The molecule has 1 heterocycles.